The number of benzene rings is 2. The van der Waals surface area contributed by atoms with E-state index in [1.165, 1.54) is 36.0 Å². The van der Waals surface area contributed by atoms with Crippen molar-refractivity contribution in [3.05, 3.63) is 58.7 Å². The van der Waals surface area contributed by atoms with Crippen molar-refractivity contribution in [1.29, 1.82) is 0 Å². The quantitative estimate of drug-likeness (QED) is 0.492. The molecule has 2 aromatic carbocycles. The maximum atomic E-state index is 12.0. The monoisotopic (exact) mass is 465 g/mol. The fourth-order valence-electron chi connectivity index (χ4n) is 5.74. The standard InChI is InChI=1S/C28H35NO5/c1-17(2)33-28(30)20-7-5-19(6-8-20)16-29-11-9-18(10-12-29)13-23-26-21-14-24(31-3)25(32-4)15-22(21)27(23)34-26/h5-8,14-15,17-18,23,26-27H,9-13,16H2,1-4H3. The van der Waals surface area contributed by atoms with E-state index in [1.807, 2.05) is 38.1 Å². The zero-order valence-corrected chi connectivity index (χ0v) is 20.6. The Bertz CT molecular complexity index is 989. The molecule has 34 heavy (non-hydrogen) atoms. The molecule has 2 heterocycles. The zero-order chi connectivity index (χ0) is 23.8. The number of rotatable bonds is 8. The van der Waals surface area contributed by atoms with Crippen LogP contribution in [0.15, 0.2) is 36.4 Å². The second-order valence-electron chi connectivity index (χ2n) is 10.1. The van der Waals surface area contributed by atoms with Crippen LogP contribution >= 0.6 is 0 Å². The van der Waals surface area contributed by atoms with Crippen molar-refractivity contribution in [1.82, 2.24) is 4.90 Å². The van der Waals surface area contributed by atoms with Gasteiger partial charge in [-0.1, -0.05) is 12.1 Å². The van der Waals surface area contributed by atoms with Crippen LogP contribution in [-0.2, 0) is 16.0 Å². The molecule has 2 aliphatic heterocycles. The Morgan fingerprint density at radius 1 is 1.00 bits per heavy atom. The molecular formula is C28H35NO5. The minimum absolute atomic E-state index is 0.102. The molecule has 0 radical (unpaired) electrons. The SMILES string of the molecule is COc1cc2c(cc1OC)C1OC2C1CC1CCN(Cc2ccc(C(=O)OC(C)C)cc2)CC1. The molecule has 6 nitrogen and oxygen atoms in total. The predicted octanol–water partition coefficient (Wildman–Crippen LogP) is 5.31. The summed E-state index contributed by atoms with van der Waals surface area (Å²) in [6.45, 7) is 6.88. The molecule has 0 spiro atoms. The summed E-state index contributed by atoms with van der Waals surface area (Å²) >= 11 is 0. The Hall–Kier alpha value is -2.57. The van der Waals surface area contributed by atoms with Crippen LogP contribution in [0.3, 0.4) is 0 Å². The van der Waals surface area contributed by atoms with E-state index >= 15 is 0 Å². The molecule has 2 bridgehead atoms. The van der Waals surface area contributed by atoms with Crippen LogP contribution in [0.1, 0.15) is 72.4 Å². The molecule has 2 atom stereocenters. The molecule has 6 heteroatoms. The lowest BCUT2D eigenvalue weighted by Gasteiger charge is -2.41. The molecule has 0 aromatic heterocycles. The van der Waals surface area contributed by atoms with E-state index in [1.54, 1.807) is 14.2 Å². The second kappa shape index (κ2) is 9.59. The van der Waals surface area contributed by atoms with Crippen molar-refractivity contribution >= 4 is 5.97 Å². The molecular weight excluding hydrogens is 430 g/mol. The van der Waals surface area contributed by atoms with Gasteiger partial charge in [0, 0.05) is 12.5 Å². The van der Waals surface area contributed by atoms with Crippen molar-refractivity contribution in [2.45, 2.75) is 58.0 Å². The summed E-state index contributed by atoms with van der Waals surface area (Å²) < 4.78 is 22.4. The molecule has 1 aliphatic carbocycles. The Morgan fingerprint density at radius 2 is 1.59 bits per heavy atom. The highest BCUT2D eigenvalue weighted by molar-refractivity contribution is 5.89. The number of ether oxygens (including phenoxy) is 4. The summed E-state index contributed by atoms with van der Waals surface area (Å²) in [5.41, 5.74) is 4.42. The Labute approximate surface area is 202 Å². The number of carbonyl (C=O) groups is 1. The fourth-order valence-corrected chi connectivity index (χ4v) is 5.74. The molecule has 2 unspecified atom stereocenters. The molecule has 2 aromatic rings. The minimum atomic E-state index is -0.254. The highest BCUT2D eigenvalue weighted by Crippen LogP contribution is 2.63. The molecule has 0 amide bonds. The van der Waals surface area contributed by atoms with Gasteiger partial charge in [-0.3, -0.25) is 4.90 Å². The molecule has 182 valence electrons. The number of fused-ring (bicyclic) bond motifs is 5. The van der Waals surface area contributed by atoms with E-state index in [4.69, 9.17) is 18.9 Å². The third-order valence-electron chi connectivity index (χ3n) is 7.52. The average Bonchev–Trinajstić information content (AvgIpc) is 3.34. The molecule has 2 saturated heterocycles. The van der Waals surface area contributed by atoms with Crippen LogP contribution < -0.4 is 9.47 Å². The zero-order valence-electron chi connectivity index (χ0n) is 20.6. The van der Waals surface area contributed by atoms with Gasteiger partial charge < -0.3 is 18.9 Å². The molecule has 3 aliphatic rings. The molecule has 5 rings (SSSR count). The first-order chi connectivity index (χ1) is 16.5. The third kappa shape index (κ3) is 4.41. The van der Waals surface area contributed by atoms with Crippen LogP contribution in [0, 0.1) is 11.8 Å². The smallest absolute Gasteiger partial charge is 0.338 e. The maximum Gasteiger partial charge on any atom is 0.338 e. The number of esters is 1. The minimum Gasteiger partial charge on any atom is -0.493 e. The summed E-state index contributed by atoms with van der Waals surface area (Å²) in [6.07, 6.45) is 3.97. The third-order valence-corrected chi connectivity index (χ3v) is 7.52. The van der Waals surface area contributed by atoms with Crippen molar-refractivity contribution in [2.75, 3.05) is 27.3 Å². The van der Waals surface area contributed by atoms with Crippen molar-refractivity contribution in [3.8, 4) is 11.5 Å². The average molecular weight is 466 g/mol. The predicted molar refractivity (Wildman–Crippen MR) is 129 cm³/mol. The van der Waals surface area contributed by atoms with E-state index in [-0.39, 0.29) is 24.3 Å². The van der Waals surface area contributed by atoms with Gasteiger partial charge >= 0.3 is 5.97 Å². The van der Waals surface area contributed by atoms with E-state index < -0.39 is 0 Å². The normalized spacial score (nSPS) is 24.0. The number of carbonyl (C=O) groups excluding carboxylic acids is 1. The largest absolute Gasteiger partial charge is 0.493 e. The summed E-state index contributed by atoms with van der Waals surface area (Å²) in [7, 11) is 3.37. The Morgan fingerprint density at radius 3 is 2.12 bits per heavy atom. The first-order valence-electron chi connectivity index (χ1n) is 12.4. The Balaban J connectivity index is 1.12. The van der Waals surface area contributed by atoms with E-state index in [0.717, 1.165) is 37.1 Å². The van der Waals surface area contributed by atoms with Gasteiger partial charge in [-0.25, -0.2) is 4.79 Å². The van der Waals surface area contributed by atoms with Gasteiger partial charge in [-0.05, 0) is 93.1 Å². The van der Waals surface area contributed by atoms with Gasteiger partial charge in [0.15, 0.2) is 11.5 Å². The van der Waals surface area contributed by atoms with Crippen molar-refractivity contribution < 1.29 is 23.7 Å². The highest BCUT2D eigenvalue weighted by atomic mass is 16.5. The van der Waals surface area contributed by atoms with Crippen LogP contribution in [-0.4, -0.2) is 44.3 Å². The van der Waals surface area contributed by atoms with E-state index in [9.17, 15) is 4.79 Å². The number of methoxy groups -OCH3 is 2. The van der Waals surface area contributed by atoms with Crippen molar-refractivity contribution in [2.24, 2.45) is 11.8 Å². The molecule has 0 saturated carbocycles. The van der Waals surface area contributed by atoms with Gasteiger partial charge in [0.25, 0.3) is 0 Å². The first-order valence-corrected chi connectivity index (χ1v) is 12.4. The van der Waals surface area contributed by atoms with Gasteiger partial charge in [-0.2, -0.15) is 0 Å². The fraction of sp³-hybridized carbons (Fsp3) is 0.536. The van der Waals surface area contributed by atoms with E-state index in [2.05, 4.69) is 17.0 Å². The van der Waals surface area contributed by atoms with Gasteiger partial charge in [0.2, 0.25) is 0 Å². The summed E-state index contributed by atoms with van der Waals surface area (Å²) in [4.78, 5) is 14.6. The molecule has 0 N–H and O–H groups in total. The summed E-state index contributed by atoms with van der Waals surface area (Å²) in [5.74, 6) is 2.63. The number of piperidine rings is 1. The molecule has 2 fully saturated rings. The first kappa shape index (κ1) is 23.2. The van der Waals surface area contributed by atoms with Crippen LogP contribution in [0.4, 0.5) is 0 Å². The van der Waals surface area contributed by atoms with Crippen LogP contribution in [0.5, 0.6) is 11.5 Å². The van der Waals surface area contributed by atoms with E-state index in [0.29, 0.717) is 11.5 Å². The lowest BCUT2D eigenvalue weighted by atomic mass is 9.81. The van der Waals surface area contributed by atoms with Gasteiger partial charge in [0.05, 0.1) is 38.1 Å². The number of hydrogen-bond donors (Lipinski definition) is 0. The van der Waals surface area contributed by atoms with Crippen LogP contribution in [0.25, 0.3) is 0 Å². The summed E-state index contributed by atoms with van der Waals surface area (Å²) in [6, 6.07) is 12.1. The highest BCUT2D eigenvalue weighted by Gasteiger charge is 2.53. The van der Waals surface area contributed by atoms with Gasteiger partial charge in [-0.15, -0.1) is 0 Å². The number of nitrogens with zero attached hydrogens (tertiary/aromatic N) is 1. The maximum absolute atomic E-state index is 12.0. The summed E-state index contributed by atoms with van der Waals surface area (Å²) in [5, 5.41) is 0. The van der Waals surface area contributed by atoms with Crippen LogP contribution in [0.2, 0.25) is 0 Å². The second-order valence-corrected chi connectivity index (χ2v) is 10.1. The lowest BCUT2D eigenvalue weighted by molar-refractivity contribution is -0.175. The lowest BCUT2D eigenvalue weighted by Crippen LogP contribution is -2.36. The van der Waals surface area contributed by atoms with Crippen molar-refractivity contribution in [3.63, 3.8) is 0 Å². The number of hydrogen-bond acceptors (Lipinski definition) is 6. The topological polar surface area (TPSA) is 57.2 Å². The number of likely N-dealkylation sites (tertiary alicyclic amines) is 1. The van der Waals surface area contributed by atoms with Gasteiger partial charge in [0.1, 0.15) is 0 Å². The Kier molecular flexibility index (Phi) is 6.54.